The number of esters is 1. The molecule has 1 aromatic carbocycles. The quantitative estimate of drug-likeness (QED) is 0.787. The lowest BCUT2D eigenvalue weighted by atomic mass is 10.1. The van der Waals surface area contributed by atoms with Crippen molar-refractivity contribution in [2.75, 3.05) is 6.61 Å². The highest BCUT2D eigenvalue weighted by atomic mass is 32.2. The van der Waals surface area contributed by atoms with Crippen molar-refractivity contribution in [2.45, 2.75) is 17.6 Å². The van der Waals surface area contributed by atoms with Gasteiger partial charge in [-0.05, 0) is 13.0 Å². The second kappa shape index (κ2) is 4.70. The number of benzene rings is 1. The van der Waals surface area contributed by atoms with Crippen molar-refractivity contribution in [3.63, 3.8) is 0 Å². The highest BCUT2D eigenvalue weighted by Crippen LogP contribution is 2.38. The predicted octanol–water partition coefficient (Wildman–Crippen LogP) is 1.55. The molecule has 0 N–H and O–H groups in total. The van der Waals surface area contributed by atoms with Crippen molar-refractivity contribution in [2.24, 2.45) is 7.05 Å². The van der Waals surface area contributed by atoms with Gasteiger partial charge in [0.2, 0.25) is 0 Å². The molecule has 110 valence electrons. The molecule has 7 heteroatoms. The number of rotatable bonds is 2. The molecule has 0 atom stereocenters. The zero-order valence-corrected chi connectivity index (χ0v) is 12.5. The number of carbonyl (C=O) groups excluding carboxylic acids is 1. The van der Waals surface area contributed by atoms with Crippen LogP contribution in [-0.2, 0) is 27.4 Å². The van der Waals surface area contributed by atoms with E-state index in [2.05, 4.69) is 5.10 Å². The first-order valence-corrected chi connectivity index (χ1v) is 8.16. The third-order valence-electron chi connectivity index (χ3n) is 3.43. The van der Waals surface area contributed by atoms with Crippen molar-refractivity contribution in [3.8, 4) is 11.3 Å². The Bertz CT molecular complexity index is 837. The lowest BCUT2D eigenvalue weighted by molar-refractivity contribution is 0.0517. The van der Waals surface area contributed by atoms with Gasteiger partial charge >= 0.3 is 5.97 Å². The Labute approximate surface area is 122 Å². The second-order valence-electron chi connectivity index (χ2n) is 4.78. The first-order valence-electron chi connectivity index (χ1n) is 6.51. The van der Waals surface area contributed by atoms with Gasteiger partial charge in [0.1, 0.15) is 0 Å². The summed E-state index contributed by atoms with van der Waals surface area (Å²) in [6.07, 6.45) is 0. The van der Waals surface area contributed by atoms with Gasteiger partial charge in [-0.3, -0.25) is 4.68 Å². The van der Waals surface area contributed by atoms with Crippen LogP contribution in [0.1, 0.15) is 23.0 Å². The van der Waals surface area contributed by atoms with E-state index in [4.69, 9.17) is 4.74 Å². The van der Waals surface area contributed by atoms with E-state index in [9.17, 15) is 13.2 Å². The van der Waals surface area contributed by atoms with Crippen molar-refractivity contribution >= 4 is 15.8 Å². The summed E-state index contributed by atoms with van der Waals surface area (Å²) in [7, 11) is -1.78. The first-order chi connectivity index (χ1) is 9.95. The Hall–Kier alpha value is -2.15. The fourth-order valence-electron chi connectivity index (χ4n) is 2.61. The summed E-state index contributed by atoms with van der Waals surface area (Å²) < 4.78 is 31.3. The lowest BCUT2D eigenvalue weighted by Crippen LogP contribution is -2.16. The molecule has 6 nitrogen and oxygen atoms in total. The molecule has 0 radical (unpaired) electrons. The fourth-order valence-corrected chi connectivity index (χ4v) is 4.20. The molecule has 2 heterocycles. The Morgan fingerprint density at radius 3 is 2.81 bits per heavy atom. The van der Waals surface area contributed by atoms with E-state index >= 15 is 0 Å². The fraction of sp³-hybridized carbons (Fsp3) is 0.286. The molecule has 0 aliphatic carbocycles. The number of ether oxygens (including phenoxy) is 1. The molecule has 0 spiro atoms. The molecule has 1 aliphatic rings. The van der Waals surface area contributed by atoms with Crippen molar-refractivity contribution in [3.05, 3.63) is 35.5 Å². The molecule has 0 saturated heterocycles. The number of aryl methyl sites for hydroxylation is 1. The van der Waals surface area contributed by atoms with Gasteiger partial charge in [0.25, 0.3) is 0 Å². The van der Waals surface area contributed by atoms with Gasteiger partial charge in [0, 0.05) is 18.2 Å². The molecule has 3 rings (SSSR count). The van der Waals surface area contributed by atoms with E-state index in [1.807, 2.05) is 0 Å². The van der Waals surface area contributed by atoms with Gasteiger partial charge in [-0.1, -0.05) is 18.2 Å². The van der Waals surface area contributed by atoms with Gasteiger partial charge < -0.3 is 4.74 Å². The normalized spacial score (nSPS) is 15.1. The zero-order valence-electron chi connectivity index (χ0n) is 11.7. The van der Waals surface area contributed by atoms with Crippen LogP contribution in [0.4, 0.5) is 0 Å². The first kappa shape index (κ1) is 13.8. The number of carbonyl (C=O) groups is 1. The maximum atomic E-state index is 12.4. The summed E-state index contributed by atoms with van der Waals surface area (Å²) in [5.74, 6) is -0.828. The molecule has 0 saturated carbocycles. The Kier molecular flexibility index (Phi) is 3.09. The van der Waals surface area contributed by atoms with E-state index in [0.717, 1.165) is 0 Å². The standard InChI is InChI=1S/C14H14N2O4S/c1-3-20-14(17)12-10-8-21(18,19)11-7-5-4-6-9(11)13(10)16(2)15-12/h4-7H,3,8H2,1-2H3. The van der Waals surface area contributed by atoms with Crippen LogP contribution in [-0.4, -0.2) is 30.8 Å². The highest BCUT2D eigenvalue weighted by Gasteiger charge is 2.35. The van der Waals surface area contributed by atoms with Crippen molar-refractivity contribution < 1.29 is 17.9 Å². The lowest BCUT2D eigenvalue weighted by Gasteiger charge is -2.17. The van der Waals surface area contributed by atoms with Crippen LogP contribution in [0.5, 0.6) is 0 Å². The van der Waals surface area contributed by atoms with E-state index in [1.54, 1.807) is 38.2 Å². The van der Waals surface area contributed by atoms with Crippen molar-refractivity contribution in [1.82, 2.24) is 9.78 Å². The topological polar surface area (TPSA) is 78.3 Å². The van der Waals surface area contributed by atoms with E-state index in [-0.39, 0.29) is 22.9 Å². The van der Waals surface area contributed by atoms with Gasteiger partial charge in [0.05, 0.1) is 22.9 Å². The number of hydrogen-bond acceptors (Lipinski definition) is 5. The Morgan fingerprint density at radius 2 is 2.10 bits per heavy atom. The Balaban J connectivity index is 2.29. The summed E-state index contributed by atoms with van der Waals surface area (Å²) in [4.78, 5) is 12.2. The minimum atomic E-state index is -3.47. The molecule has 1 aromatic heterocycles. The number of nitrogens with zero attached hydrogens (tertiary/aromatic N) is 2. The van der Waals surface area contributed by atoms with E-state index < -0.39 is 15.8 Å². The summed E-state index contributed by atoms with van der Waals surface area (Å²) in [6, 6.07) is 6.75. The zero-order chi connectivity index (χ0) is 15.2. The summed E-state index contributed by atoms with van der Waals surface area (Å²) in [5, 5.41) is 4.15. The minimum Gasteiger partial charge on any atom is -0.461 e. The maximum absolute atomic E-state index is 12.4. The monoisotopic (exact) mass is 306 g/mol. The number of fused-ring (bicyclic) bond motifs is 3. The van der Waals surface area contributed by atoms with Crippen LogP contribution in [0.15, 0.2) is 29.2 Å². The Morgan fingerprint density at radius 1 is 1.38 bits per heavy atom. The summed E-state index contributed by atoms with van der Waals surface area (Å²) >= 11 is 0. The molecule has 21 heavy (non-hydrogen) atoms. The number of aromatic nitrogens is 2. The molecule has 2 aromatic rings. The third kappa shape index (κ3) is 2.04. The molecular weight excluding hydrogens is 292 g/mol. The molecule has 0 unspecified atom stereocenters. The summed E-state index contributed by atoms with van der Waals surface area (Å²) in [6.45, 7) is 1.91. The molecule has 0 bridgehead atoms. The van der Waals surface area contributed by atoms with Crippen LogP contribution >= 0.6 is 0 Å². The molecule has 1 aliphatic heterocycles. The van der Waals surface area contributed by atoms with Gasteiger partial charge in [-0.15, -0.1) is 0 Å². The van der Waals surface area contributed by atoms with Crippen LogP contribution in [0.2, 0.25) is 0 Å². The maximum Gasteiger partial charge on any atom is 0.359 e. The highest BCUT2D eigenvalue weighted by molar-refractivity contribution is 7.90. The average Bonchev–Trinajstić information content (AvgIpc) is 2.75. The van der Waals surface area contributed by atoms with E-state index in [1.165, 1.54) is 4.68 Å². The van der Waals surface area contributed by atoms with Crippen LogP contribution in [0.3, 0.4) is 0 Å². The van der Waals surface area contributed by atoms with Crippen molar-refractivity contribution in [1.29, 1.82) is 0 Å². The molecular formula is C14H14N2O4S. The van der Waals surface area contributed by atoms with Gasteiger partial charge in [-0.2, -0.15) is 5.10 Å². The smallest absolute Gasteiger partial charge is 0.359 e. The van der Waals surface area contributed by atoms with Gasteiger partial charge in [0.15, 0.2) is 15.5 Å². The molecule has 0 amide bonds. The SMILES string of the molecule is CCOC(=O)c1nn(C)c2c1CS(=O)(=O)c1ccccc1-2. The summed E-state index contributed by atoms with van der Waals surface area (Å²) in [5.41, 5.74) is 1.72. The van der Waals surface area contributed by atoms with Crippen LogP contribution < -0.4 is 0 Å². The minimum absolute atomic E-state index is 0.0763. The molecule has 0 fully saturated rings. The van der Waals surface area contributed by atoms with Gasteiger partial charge in [-0.25, -0.2) is 13.2 Å². The largest absolute Gasteiger partial charge is 0.461 e. The third-order valence-corrected chi connectivity index (χ3v) is 5.12. The number of sulfone groups is 1. The van der Waals surface area contributed by atoms with Crippen LogP contribution in [0.25, 0.3) is 11.3 Å². The number of hydrogen-bond donors (Lipinski definition) is 0. The average molecular weight is 306 g/mol. The second-order valence-corrected chi connectivity index (χ2v) is 6.73. The van der Waals surface area contributed by atoms with E-state index in [0.29, 0.717) is 16.8 Å². The van der Waals surface area contributed by atoms with Crippen LogP contribution in [0, 0.1) is 0 Å². The predicted molar refractivity (Wildman–Crippen MR) is 75.5 cm³/mol.